The van der Waals surface area contributed by atoms with Crippen molar-refractivity contribution in [2.75, 3.05) is 12.4 Å². The van der Waals surface area contributed by atoms with Crippen molar-refractivity contribution in [3.63, 3.8) is 0 Å². The van der Waals surface area contributed by atoms with Gasteiger partial charge in [-0.25, -0.2) is 4.98 Å². The van der Waals surface area contributed by atoms with Crippen molar-refractivity contribution in [2.45, 2.75) is 71.6 Å². The third kappa shape index (κ3) is 4.02. The van der Waals surface area contributed by atoms with E-state index in [1.165, 1.54) is 28.2 Å². The first-order valence-corrected chi connectivity index (χ1v) is 13.3. The third-order valence-corrected chi connectivity index (χ3v) is 9.55. The van der Waals surface area contributed by atoms with Crippen LogP contribution < -0.4 is 5.32 Å². The molecule has 0 spiro atoms. The van der Waals surface area contributed by atoms with Crippen molar-refractivity contribution in [3.05, 3.63) is 39.9 Å². The van der Waals surface area contributed by atoms with E-state index in [-0.39, 0.29) is 11.3 Å². The average Bonchev–Trinajstić information content (AvgIpc) is 3.33. The lowest BCUT2D eigenvalue weighted by atomic mass is 9.54. The number of fused-ring (bicyclic) bond motifs is 5. The van der Waals surface area contributed by atoms with Gasteiger partial charge < -0.3 is 15.3 Å². The number of aromatic nitrogens is 1. The van der Waals surface area contributed by atoms with Crippen LogP contribution in [0.4, 0.5) is 5.13 Å². The maximum Gasteiger partial charge on any atom is 0.226 e. The lowest BCUT2D eigenvalue weighted by Gasteiger charge is -2.50. The lowest BCUT2D eigenvalue weighted by molar-refractivity contribution is -0.116. The minimum Gasteiger partial charge on any atom is -0.508 e. The molecule has 2 fully saturated rings. The molecular formula is C27H35N3O3S. The van der Waals surface area contributed by atoms with Gasteiger partial charge in [-0.1, -0.05) is 18.1 Å². The van der Waals surface area contributed by atoms with E-state index in [1.54, 1.807) is 13.3 Å². The van der Waals surface area contributed by atoms with Crippen molar-refractivity contribution < 1.29 is 14.7 Å². The van der Waals surface area contributed by atoms with Crippen LogP contribution in [-0.4, -0.2) is 28.8 Å². The minimum absolute atomic E-state index is 0.0220. The molecule has 7 heteroatoms. The first kappa shape index (κ1) is 23.3. The molecule has 3 aliphatic carbocycles. The first-order valence-electron chi connectivity index (χ1n) is 12.5. The molecule has 1 heterocycles. The summed E-state index contributed by atoms with van der Waals surface area (Å²) in [6, 6.07) is 4.21. The average molecular weight is 482 g/mol. The summed E-state index contributed by atoms with van der Waals surface area (Å²) in [6.45, 7) is 6.37. The number of hydrogen-bond acceptors (Lipinski definition) is 6. The van der Waals surface area contributed by atoms with Crippen LogP contribution in [-0.2, 0) is 16.1 Å². The van der Waals surface area contributed by atoms with E-state index in [9.17, 15) is 9.90 Å². The second-order valence-electron chi connectivity index (χ2n) is 10.7. The number of nitrogens with one attached hydrogen (secondary N) is 1. The highest BCUT2D eigenvalue weighted by Gasteiger charge is 2.57. The Balaban J connectivity index is 1.39. The first-order chi connectivity index (χ1) is 16.3. The summed E-state index contributed by atoms with van der Waals surface area (Å²) in [7, 11) is 1.64. The van der Waals surface area contributed by atoms with Gasteiger partial charge in [-0.2, -0.15) is 0 Å². The Kier molecular flexibility index (Phi) is 6.17. The fourth-order valence-electron chi connectivity index (χ4n) is 7.23. The van der Waals surface area contributed by atoms with Crippen LogP contribution in [0.25, 0.3) is 0 Å². The van der Waals surface area contributed by atoms with Crippen molar-refractivity contribution in [2.24, 2.45) is 28.3 Å². The molecule has 2 saturated carbocycles. The van der Waals surface area contributed by atoms with Gasteiger partial charge in [0, 0.05) is 22.9 Å². The minimum atomic E-state index is 0.0220. The smallest absolute Gasteiger partial charge is 0.226 e. The van der Waals surface area contributed by atoms with E-state index in [2.05, 4.69) is 28.4 Å². The van der Waals surface area contributed by atoms with Crippen LogP contribution in [0.2, 0.25) is 0 Å². The molecule has 1 aromatic carbocycles. The van der Waals surface area contributed by atoms with Crippen molar-refractivity contribution in [3.8, 4) is 5.75 Å². The van der Waals surface area contributed by atoms with E-state index in [0.717, 1.165) is 49.0 Å². The van der Waals surface area contributed by atoms with Crippen LogP contribution in [0.3, 0.4) is 0 Å². The van der Waals surface area contributed by atoms with Gasteiger partial charge in [0.15, 0.2) is 5.13 Å². The van der Waals surface area contributed by atoms with Crippen LogP contribution in [0.5, 0.6) is 5.75 Å². The summed E-state index contributed by atoms with van der Waals surface area (Å²) in [5, 5.41) is 18.4. The monoisotopic (exact) mass is 481 g/mol. The molecule has 1 amide bonds. The Morgan fingerprint density at radius 1 is 1.35 bits per heavy atom. The number of carbonyl (C=O) groups is 1. The number of nitrogens with zero attached hydrogens (tertiary/aromatic N) is 2. The van der Waals surface area contributed by atoms with Crippen molar-refractivity contribution in [1.29, 1.82) is 0 Å². The number of thiazole rings is 1. The number of rotatable bonds is 5. The number of carbonyl (C=O) groups excluding carboxylic acids is 1. The summed E-state index contributed by atoms with van der Waals surface area (Å²) >= 11 is 1.51. The Labute approximate surface area is 205 Å². The van der Waals surface area contributed by atoms with Gasteiger partial charge in [0.2, 0.25) is 5.91 Å². The molecular weight excluding hydrogens is 446 g/mol. The van der Waals surface area contributed by atoms with Crippen molar-refractivity contribution in [1.82, 2.24) is 4.98 Å². The molecule has 2 N–H and O–H groups in total. The number of benzene rings is 1. The molecule has 3 aliphatic rings. The third-order valence-electron chi connectivity index (χ3n) is 8.73. The van der Waals surface area contributed by atoms with Gasteiger partial charge in [-0.3, -0.25) is 4.79 Å². The Morgan fingerprint density at radius 3 is 2.91 bits per heavy atom. The molecule has 1 aromatic heterocycles. The molecule has 5 atom stereocenters. The predicted molar refractivity (Wildman–Crippen MR) is 135 cm³/mol. The van der Waals surface area contributed by atoms with E-state index < -0.39 is 0 Å². The number of anilines is 1. The van der Waals surface area contributed by atoms with Crippen LogP contribution in [0.15, 0.2) is 23.5 Å². The highest BCUT2D eigenvalue weighted by atomic mass is 32.1. The maximum absolute atomic E-state index is 12.7. The molecule has 0 radical (unpaired) electrons. The molecule has 34 heavy (non-hydrogen) atoms. The predicted octanol–water partition coefficient (Wildman–Crippen LogP) is 5.97. The van der Waals surface area contributed by atoms with Gasteiger partial charge in [0.05, 0.1) is 5.71 Å². The normalized spacial score (nSPS) is 31.0. The van der Waals surface area contributed by atoms with Gasteiger partial charge >= 0.3 is 0 Å². The fourth-order valence-corrected chi connectivity index (χ4v) is 7.91. The molecule has 0 aliphatic heterocycles. The number of oxime groups is 1. The fraction of sp³-hybridized carbons (Fsp3) is 0.593. The molecule has 0 bridgehead atoms. The molecule has 6 nitrogen and oxygen atoms in total. The van der Waals surface area contributed by atoms with Gasteiger partial charge in [-0.05, 0) is 98.8 Å². The highest BCUT2D eigenvalue weighted by Crippen LogP contribution is 2.62. The number of phenols is 1. The SMILES string of the molecule is CON=C1CC(CCC(=O)Nc2ncc(C)s2)C2C3CCc4cc(O)c(C)cc4C3CCC12C. The number of aryl methyl sites for hydroxylation is 3. The number of amides is 1. The second kappa shape index (κ2) is 8.99. The summed E-state index contributed by atoms with van der Waals surface area (Å²) in [6.07, 6.45) is 8.40. The summed E-state index contributed by atoms with van der Waals surface area (Å²) < 4.78 is 0. The van der Waals surface area contributed by atoms with Crippen LogP contribution >= 0.6 is 11.3 Å². The van der Waals surface area contributed by atoms with E-state index in [4.69, 9.17) is 4.84 Å². The number of hydrogen-bond donors (Lipinski definition) is 2. The van der Waals surface area contributed by atoms with E-state index >= 15 is 0 Å². The summed E-state index contributed by atoms with van der Waals surface area (Å²) in [5.41, 5.74) is 4.90. The molecule has 182 valence electrons. The topological polar surface area (TPSA) is 83.8 Å². The zero-order valence-electron chi connectivity index (χ0n) is 20.6. The van der Waals surface area contributed by atoms with E-state index in [0.29, 0.717) is 41.0 Å². The van der Waals surface area contributed by atoms with E-state index in [1.807, 2.05) is 19.9 Å². The van der Waals surface area contributed by atoms with Crippen LogP contribution in [0.1, 0.15) is 72.9 Å². The quantitative estimate of drug-likeness (QED) is 0.516. The Morgan fingerprint density at radius 2 is 2.18 bits per heavy atom. The number of aromatic hydroxyl groups is 1. The zero-order valence-corrected chi connectivity index (χ0v) is 21.4. The largest absolute Gasteiger partial charge is 0.508 e. The van der Waals surface area contributed by atoms with Crippen LogP contribution in [0, 0.1) is 37.0 Å². The number of phenolic OH excluding ortho intramolecular Hbond substituents is 1. The molecule has 2 aromatic rings. The van der Waals surface area contributed by atoms with Gasteiger partial charge in [0.25, 0.3) is 0 Å². The maximum atomic E-state index is 12.7. The molecule has 5 rings (SSSR count). The lowest BCUT2D eigenvalue weighted by Crippen LogP contribution is -2.44. The molecule has 0 saturated heterocycles. The van der Waals surface area contributed by atoms with Crippen molar-refractivity contribution >= 4 is 28.1 Å². The Bertz CT molecular complexity index is 1130. The summed E-state index contributed by atoms with van der Waals surface area (Å²) in [4.78, 5) is 23.4. The highest BCUT2D eigenvalue weighted by molar-refractivity contribution is 7.15. The second-order valence-corrected chi connectivity index (χ2v) is 11.9. The summed E-state index contributed by atoms with van der Waals surface area (Å²) in [5.74, 6) is 2.42. The van der Waals surface area contributed by atoms with Gasteiger partial charge in [-0.15, -0.1) is 11.3 Å². The Hall–Kier alpha value is -2.41. The molecule has 5 unspecified atom stereocenters. The van der Waals surface area contributed by atoms with Gasteiger partial charge in [0.1, 0.15) is 12.9 Å². The standard InChI is InChI=1S/C27H35N3O3S/c1-15-11-21-17(12-22(15)31)5-7-20-19(21)9-10-27(3)23(30-33-4)13-18(25(20)27)6-8-24(32)29-26-28-14-16(2)34-26/h11-12,14,18-20,25,31H,5-10,13H2,1-4H3,(H,28,29,32). The zero-order chi connectivity index (χ0) is 24.0.